The van der Waals surface area contributed by atoms with Crippen molar-refractivity contribution in [1.82, 2.24) is 0 Å². The molecule has 0 N–H and O–H groups in total. The average Bonchev–Trinajstić information content (AvgIpc) is 2.89. The highest BCUT2D eigenvalue weighted by atomic mass is 16.5. The van der Waals surface area contributed by atoms with Crippen LogP contribution in [-0.4, -0.2) is 12.1 Å². The predicted molar refractivity (Wildman–Crippen MR) is 77.6 cm³/mol. The van der Waals surface area contributed by atoms with Crippen molar-refractivity contribution in [2.45, 2.75) is 60.5 Å². The maximum absolute atomic E-state index is 12.4. The fourth-order valence-electron chi connectivity index (χ4n) is 4.13. The normalized spacial score (nSPS) is 40.5. The molecule has 2 saturated carbocycles. The first kappa shape index (κ1) is 14.9. The van der Waals surface area contributed by atoms with Crippen LogP contribution in [0.15, 0.2) is 0 Å². The van der Waals surface area contributed by atoms with Gasteiger partial charge in [0.25, 0.3) is 0 Å². The Hall–Kier alpha value is -0.530. The van der Waals surface area contributed by atoms with Crippen molar-refractivity contribution in [3.63, 3.8) is 0 Å². The number of hydrogen-bond acceptors (Lipinski definition) is 2. The number of rotatable bonds is 4. The number of ether oxygens (including phenoxy) is 1. The summed E-state index contributed by atoms with van der Waals surface area (Å²) < 4.78 is 5.75. The van der Waals surface area contributed by atoms with Gasteiger partial charge in [-0.05, 0) is 55.3 Å². The number of carbonyl (C=O) groups is 1. The summed E-state index contributed by atoms with van der Waals surface area (Å²) in [7, 11) is 0. The van der Waals surface area contributed by atoms with Crippen LogP contribution < -0.4 is 0 Å². The third-order valence-corrected chi connectivity index (χ3v) is 6.29. The van der Waals surface area contributed by atoms with Crippen molar-refractivity contribution >= 4 is 5.97 Å². The molecule has 7 unspecified atom stereocenters. The topological polar surface area (TPSA) is 26.3 Å². The van der Waals surface area contributed by atoms with E-state index >= 15 is 0 Å². The van der Waals surface area contributed by atoms with Crippen molar-refractivity contribution in [2.24, 2.45) is 41.4 Å². The summed E-state index contributed by atoms with van der Waals surface area (Å²) in [5.74, 6) is 4.06. The van der Waals surface area contributed by atoms with Crippen molar-refractivity contribution < 1.29 is 9.53 Å². The second kappa shape index (κ2) is 5.46. The SMILES string of the molecule is CC(C)C(C)C(C)OC(=O)C1CC2CC1C(C)C2C. The monoisotopic (exact) mass is 266 g/mol. The standard InChI is InChI=1S/C17H30O2/c1-9(2)10(3)13(6)19-17(18)16-8-14-7-15(16)12(5)11(14)4/h9-16H,7-8H2,1-6H3. The van der Waals surface area contributed by atoms with Crippen molar-refractivity contribution in [3.8, 4) is 0 Å². The molecule has 2 rings (SSSR count). The lowest BCUT2D eigenvalue weighted by Crippen LogP contribution is -2.34. The van der Waals surface area contributed by atoms with Crippen LogP contribution in [0.25, 0.3) is 0 Å². The summed E-state index contributed by atoms with van der Waals surface area (Å²) in [4.78, 5) is 12.4. The van der Waals surface area contributed by atoms with Gasteiger partial charge in [0.15, 0.2) is 0 Å². The van der Waals surface area contributed by atoms with E-state index < -0.39 is 0 Å². The van der Waals surface area contributed by atoms with Crippen LogP contribution in [0.1, 0.15) is 54.4 Å². The van der Waals surface area contributed by atoms with Gasteiger partial charge in [0.05, 0.1) is 5.92 Å². The number of carbonyl (C=O) groups excluding carboxylic acids is 1. The Kier molecular flexibility index (Phi) is 4.27. The highest BCUT2D eigenvalue weighted by Crippen LogP contribution is 2.55. The fraction of sp³-hybridized carbons (Fsp3) is 0.941. The van der Waals surface area contributed by atoms with E-state index in [2.05, 4.69) is 34.6 Å². The van der Waals surface area contributed by atoms with Crippen LogP contribution in [0.3, 0.4) is 0 Å². The number of fused-ring (bicyclic) bond motifs is 2. The van der Waals surface area contributed by atoms with E-state index in [1.54, 1.807) is 0 Å². The van der Waals surface area contributed by atoms with Gasteiger partial charge in [0.2, 0.25) is 0 Å². The van der Waals surface area contributed by atoms with E-state index in [1.807, 2.05) is 6.92 Å². The zero-order valence-electron chi connectivity index (χ0n) is 13.3. The molecule has 0 spiro atoms. The Balaban J connectivity index is 1.92. The van der Waals surface area contributed by atoms with Gasteiger partial charge >= 0.3 is 5.97 Å². The summed E-state index contributed by atoms with van der Waals surface area (Å²) in [6, 6.07) is 0. The van der Waals surface area contributed by atoms with E-state index in [4.69, 9.17) is 4.74 Å². The second-order valence-electron chi connectivity index (χ2n) is 7.47. The number of esters is 1. The third-order valence-electron chi connectivity index (χ3n) is 6.29. The molecule has 0 heterocycles. The summed E-state index contributed by atoms with van der Waals surface area (Å²) in [5.41, 5.74) is 0. The van der Waals surface area contributed by atoms with Gasteiger partial charge < -0.3 is 4.74 Å². The highest BCUT2D eigenvalue weighted by molar-refractivity contribution is 5.73. The molecular formula is C17H30O2. The van der Waals surface area contributed by atoms with Crippen LogP contribution in [0, 0.1) is 41.4 Å². The molecule has 110 valence electrons. The van der Waals surface area contributed by atoms with E-state index in [0.29, 0.717) is 23.7 Å². The van der Waals surface area contributed by atoms with Crippen LogP contribution in [-0.2, 0) is 9.53 Å². The van der Waals surface area contributed by atoms with E-state index in [9.17, 15) is 4.79 Å². The largest absolute Gasteiger partial charge is 0.462 e. The molecule has 0 aromatic carbocycles. The smallest absolute Gasteiger partial charge is 0.309 e. The van der Waals surface area contributed by atoms with Gasteiger partial charge in [-0.25, -0.2) is 0 Å². The first-order valence-corrected chi connectivity index (χ1v) is 8.03. The molecule has 2 bridgehead atoms. The molecule has 2 nitrogen and oxygen atoms in total. The fourth-order valence-corrected chi connectivity index (χ4v) is 4.13. The maximum atomic E-state index is 12.4. The van der Waals surface area contributed by atoms with Crippen molar-refractivity contribution in [3.05, 3.63) is 0 Å². The molecule has 7 atom stereocenters. The quantitative estimate of drug-likeness (QED) is 0.715. The van der Waals surface area contributed by atoms with Crippen LogP contribution in [0.4, 0.5) is 0 Å². The first-order chi connectivity index (χ1) is 8.82. The molecule has 2 heteroatoms. The minimum atomic E-state index is 0.0411. The van der Waals surface area contributed by atoms with Crippen LogP contribution in [0.2, 0.25) is 0 Å². The molecule has 0 aromatic heterocycles. The van der Waals surface area contributed by atoms with Gasteiger partial charge in [-0.15, -0.1) is 0 Å². The predicted octanol–water partition coefficient (Wildman–Crippen LogP) is 4.14. The van der Waals surface area contributed by atoms with Crippen LogP contribution in [0.5, 0.6) is 0 Å². The lowest BCUT2D eigenvalue weighted by Gasteiger charge is -2.32. The molecule has 0 aliphatic heterocycles. The van der Waals surface area contributed by atoms with Gasteiger partial charge in [0.1, 0.15) is 6.10 Å². The van der Waals surface area contributed by atoms with E-state index in [1.165, 1.54) is 6.42 Å². The summed E-state index contributed by atoms with van der Waals surface area (Å²) in [5, 5.41) is 0. The third kappa shape index (κ3) is 2.68. The highest BCUT2D eigenvalue weighted by Gasteiger charge is 2.51. The first-order valence-electron chi connectivity index (χ1n) is 8.03. The van der Waals surface area contributed by atoms with Gasteiger partial charge in [-0.2, -0.15) is 0 Å². The second-order valence-corrected chi connectivity index (χ2v) is 7.47. The Morgan fingerprint density at radius 1 is 1.05 bits per heavy atom. The average molecular weight is 266 g/mol. The molecule has 0 radical (unpaired) electrons. The van der Waals surface area contributed by atoms with E-state index in [-0.39, 0.29) is 18.0 Å². The summed E-state index contributed by atoms with van der Waals surface area (Å²) in [6.45, 7) is 13.3. The van der Waals surface area contributed by atoms with E-state index in [0.717, 1.165) is 18.3 Å². The van der Waals surface area contributed by atoms with Crippen LogP contribution >= 0.6 is 0 Å². The molecule has 0 aromatic rings. The lowest BCUT2D eigenvalue weighted by molar-refractivity contribution is -0.159. The Bertz CT molecular complexity index is 334. The maximum Gasteiger partial charge on any atom is 0.309 e. The van der Waals surface area contributed by atoms with Crippen molar-refractivity contribution in [2.75, 3.05) is 0 Å². The summed E-state index contributed by atoms with van der Waals surface area (Å²) in [6.07, 6.45) is 2.35. The number of hydrogen-bond donors (Lipinski definition) is 0. The van der Waals surface area contributed by atoms with Gasteiger partial charge in [-0.1, -0.05) is 34.6 Å². The van der Waals surface area contributed by atoms with Gasteiger partial charge in [0, 0.05) is 0 Å². The molecule has 19 heavy (non-hydrogen) atoms. The molecule has 2 aliphatic rings. The molecule has 0 saturated heterocycles. The minimum Gasteiger partial charge on any atom is -0.462 e. The minimum absolute atomic E-state index is 0.0411. The Morgan fingerprint density at radius 2 is 1.68 bits per heavy atom. The molecule has 0 amide bonds. The molecular weight excluding hydrogens is 236 g/mol. The van der Waals surface area contributed by atoms with Crippen molar-refractivity contribution in [1.29, 1.82) is 0 Å². The zero-order valence-corrected chi connectivity index (χ0v) is 13.3. The Morgan fingerprint density at radius 3 is 2.16 bits per heavy atom. The molecule has 2 fully saturated rings. The Labute approximate surface area is 118 Å². The summed E-state index contributed by atoms with van der Waals surface area (Å²) >= 11 is 0. The molecule has 2 aliphatic carbocycles. The zero-order chi connectivity index (χ0) is 14.3. The lowest BCUT2D eigenvalue weighted by atomic mass is 9.76. The van der Waals surface area contributed by atoms with Gasteiger partial charge in [-0.3, -0.25) is 4.79 Å².